The first kappa shape index (κ1) is 59.7. The normalized spacial score (nSPS) is 10.2. The van der Waals surface area contributed by atoms with Gasteiger partial charge >= 0.3 is 40.7 Å². The van der Waals surface area contributed by atoms with Crippen molar-refractivity contribution < 1.29 is 53.6 Å². The molecule has 0 bridgehead atoms. The summed E-state index contributed by atoms with van der Waals surface area (Å²) in [6, 6.07) is 0. The van der Waals surface area contributed by atoms with Gasteiger partial charge in [0.25, 0.3) is 5.56 Å². The van der Waals surface area contributed by atoms with Crippen LogP contribution in [0, 0.1) is 31.1 Å². The molecule has 2 aromatic rings. The number of aryl methyl sites for hydroxylation is 2. The molecular weight excluding hydrogens is 778 g/mol. The minimum atomic E-state index is -3.22. The Kier molecular flexibility index (Phi) is 38.2. The summed E-state index contributed by atoms with van der Waals surface area (Å²) in [5.74, 6) is -0.501. The molecule has 49 heavy (non-hydrogen) atoms. The van der Waals surface area contributed by atoms with Gasteiger partial charge in [-0.15, -0.1) is 12.4 Å². The Morgan fingerprint density at radius 3 is 1.57 bits per heavy atom. The third-order valence-corrected chi connectivity index (χ3v) is 5.36. The van der Waals surface area contributed by atoms with E-state index in [9.17, 15) is 18.9 Å². The molecule has 0 aliphatic heterocycles. The molecule has 0 saturated heterocycles. The van der Waals surface area contributed by atoms with Crippen molar-refractivity contribution in [2.75, 3.05) is 25.2 Å². The Labute approximate surface area is 336 Å². The number of carbonyl (C=O) groups excluding carboxylic acids is 2. The van der Waals surface area contributed by atoms with Crippen LogP contribution < -0.4 is 63.2 Å². The van der Waals surface area contributed by atoms with Crippen LogP contribution in [0.15, 0.2) is 4.79 Å². The van der Waals surface area contributed by atoms with Crippen molar-refractivity contribution in [1.29, 1.82) is 5.41 Å². The Bertz CT molecular complexity index is 1330. The molecule has 1 unspecified atom stereocenters. The molecule has 2 rings (SSSR count). The van der Waals surface area contributed by atoms with Crippen LogP contribution in [0.3, 0.4) is 0 Å². The van der Waals surface area contributed by atoms with Gasteiger partial charge in [-0.25, -0.2) is 15.0 Å². The number of H-pyrrole nitrogens is 1. The van der Waals surface area contributed by atoms with E-state index in [1.54, 1.807) is 13.8 Å². The number of ketones is 1. The number of Topliss-reactive ketones (excluding diaryl/α,β-unsaturated/α-hetero) is 1. The molecule has 0 saturated carbocycles. The minimum Gasteiger partial charge on any atom is -0.857 e. The van der Waals surface area contributed by atoms with E-state index in [2.05, 4.69) is 65.1 Å². The number of nitrogen functional groups attached to an aromatic ring is 2. The van der Waals surface area contributed by atoms with Crippen LogP contribution in [0.1, 0.15) is 89.7 Å². The molecule has 1 atom stereocenters. The topological polar surface area (TPSA) is 283 Å². The zero-order chi connectivity index (χ0) is 38.4. The molecular formula is C27H50Cl5N9NaO6P. The fourth-order valence-electron chi connectivity index (χ4n) is 3.66. The molecule has 0 aromatic carbocycles. The third-order valence-electron chi connectivity index (χ3n) is 5.07. The summed E-state index contributed by atoms with van der Waals surface area (Å²) in [5, 5.41) is 11.6. The number of nitrogens with two attached hydrogens (primary N) is 4. The predicted molar refractivity (Wildman–Crippen MR) is 198 cm³/mol. The van der Waals surface area contributed by atoms with Crippen LogP contribution in [0.25, 0.3) is 0 Å². The molecule has 0 aliphatic rings. The number of aromatic nitrogens is 4. The summed E-state index contributed by atoms with van der Waals surface area (Å²) in [7, 11) is 0.750. The number of nitrogens with zero attached hydrogens (tertiary/aromatic N) is 3. The van der Waals surface area contributed by atoms with E-state index in [-0.39, 0.29) is 83.0 Å². The van der Waals surface area contributed by atoms with Crippen LogP contribution in [0.4, 0.5) is 11.9 Å². The SMILES string of the molecule is CCOC(=O)C(C(C)=O)C(C)C.C[O-].Cc1nc(N)[nH]c(=O)c1C(C)C.Cc1nc(N)nc(Cl)c1C(C)C.Cl.N=C(N)N.O=P(Cl)(Cl)Cl.[Na+]. The summed E-state index contributed by atoms with van der Waals surface area (Å²) in [5.41, 5.74) is 22.9. The molecule has 22 heteroatoms. The summed E-state index contributed by atoms with van der Waals surface area (Å²) >= 11 is 19.7. The van der Waals surface area contributed by atoms with Crippen molar-refractivity contribution in [2.24, 2.45) is 23.3 Å². The number of anilines is 2. The molecule has 0 fully saturated rings. The van der Waals surface area contributed by atoms with Gasteiger partial charge in [0.05, 0.1) is 12.3 Å². The number of guanidine groups is 1. The first-order valence-electron chi connectivity index (χ1n) is 13.8. The van der Waals surface area contributed by atoms with E-state index >= 15 is 0 Å². The Morgan fingerprint density at radius 1 is 0.939 bits per heavy atom. The second-order valence-corrected chi connectivity index (χ2v) is 17.1. The Hall–Kier alpha value is -1.39. The maximum absolute atomic E-state index is 11.3. The van der Waals surface area contributed by atoms with E-state index < -0.39 is 17.1 Å². The van der Waals surface area contributed by atoms with Crippen LogP contribution in [-0.2, 0) is 18.9 Å². The molecule has 0 radical (unpaired) electrons. The van der Waals surface area contributed by atoms with E-state index in [4.69, 9.17) is 38.3 Å². The van der Waals surface area contributed by atoms with E-state index in [0.29, 0.717) is 28.9 Å². The van der Waals surface area contributed by atoms with Gasteiger partial charge in [0.2, 0.25) is 11.9 Å². The number of aromatic amines is 1. The van der Waals surface area contributed by atoms with Crippen molar-refractivity contribution in [2.45, 2.75) is 81.1 Å². The van der Waals surface area contributed by atoms with Gasteiger partial charge in [-0.3, -0.25) is 29.3 Å². The zero-order valence-electron chi connectivity index (χ0n) is 30.0. The average Bonchev–Trinajstić information content (AvgIpc) is 2.82. The summed E-state index contributed by atoms with van der Waals surface area (Å²) in [6.45, 7) is 18.8. The monoisotopic (exact) mass is 825 g/mol. The number of rotatable bonds is 6. The van der Waals surface area contributed by atoms with Gasteiger partial charge in [-0.1, -0.05) is 53.1 Å². The zero-order valence-corrected chi connectivity index (χ0v) is 36.7. The van der Waals surface area contributed by atoms with Gasteiger partial charge in [-0.2, -0.15) is 7.11 Å². The number of esters is 1. The van der Waals surface area contributed by atoms with Crippen molar-refractivity contribution in [1.82, 2.24) is 19.9 Å². The van der Waals surface area contributed by atoms with Gasteiger partial charge in [0.1, 0.15) is 16.9 Å². The first-order chi connectivity index (χ1) is 21.3. The molecule has 2 heterocycles. The fourth-order valence-corrected chi connectivity index (χ4v) is 4.10. The maximum Gasteiger partial charge on any atom is 1.00 e. The van der Waals surface area contributed by atoms with Gasteiger partial charge in [-0.05, 0) is 79.2 Å². The molecule has 0 aliphatic carbocycles. The largest absolute Gasteiger partial charge is 1.00 e. The van der Waals surface area contributed by atoms with Gasteiger partial charge in [0.15, 0.2) is 5.96 Å². The molecule has 2 aromatic heterocycles. The number of hydrogen-bond acceptors (Lipinski definition) is 12. The third kappa shape index (κ3) is 32.3. The van der Waals surface area contributed by atoms with Crippen LogP contribution in [-0.4, -0.2) is 51.4 Å². The van der Waals surface area contributed by atoms with Crippen molar-refractivity contribution in [3.05, 3.63) is 38.0 Å². The van der Waals surface area contributed by atoms with Crippen LogP contribution >= 0.6 is 62.9 Å². The Balaban J connectivity index is -0.000000121. The number of hydrogen-bond donors (Lipinski definition) is 6. The smallest absolute Gasteiger partial charge is 0.857 e. The van der Waals surface area contributed by atoms with Crippen LogP contribution in [0.2, 0.25) is 5.15 Å². The number of halogens is 5. The maximum atomic E-state index is 11.3. The van der Waals surface area contributed by atoms with Gasteiger partial charge in [0, 0.05) is 16.8 Å². The molecule has 15 nitrogen and oxygen atoms in total. The van der Waals surface area contributed by atoms with E-state index in [1.165, 1.54) is 6.92 Å². The number of nitrogens with one attached hydrogen (secondary N) is 2. The van der Waals surface area contributed by atoms with E-state index in [1.807, 2.05) is 48.5 Å². The predicted octanol–water partition coefficient (Wildman–Crippen LogP) is 2.39. The minimum absolute atomic E-state index is 0. The van der Waals surface area contributed by atoms with Crippen molar-refractivity contribution >= 4 is 92.5 Å². The van der Waals surface area contributed by atoms with Crippen molar-refractivity contribution in [3.63, 3.8) is 0 Å². The fraction of sp³-hybridized carbons (Fsp3) is 0.593. The van der Waals surface area contributed by atoms with Crippen molar-refractivity contribution in [3.8, 4) is 0 Å². The number of carbonyl (C=O) groups is 2. The standard InChI is InChI=1S/C9H16O3.C8H12ClN3.C8H13N3O.CH5N3.CH3O.Cl3OP.ClH.Na/c1-5-12-9(11)8(6(2)3)7(4)10;1-4(2)6-5(3)11-8(10)12-7(6)9;1-4(2)6-5(3)10-8(9)11-7(6)12;2-1(3)4;1-2;1-5(2,3)4;;/h6,8H,5H2,1-4H3;4H,1-3H3,(H2,10,11,12);4H,1-3H3,(H3,9,10,11,12);(H5,2,3,4);1H3;;1H;/q;;;;-1;;;+1. The Morgan fingerprint density at radius 2 is 1.31 bits per heavy atom. The summed E-state index contributed by atoms with van der Waals surface area (Å²) < 4.78 is 14.3. The quantitative estimate of drug-likeness (QED) is 0.0465. The first-order valence-corrected chi connectivity index (χ1v) is 18.6. The average molecular weight is 828 g/mol. The summed E-state index contributed by atoms with van der Waals surface area (Å²) in [6.07, 6.45) is 0. The van der Waals surface area contributed by atoms with Gasteiger partial charge < -0.3 is 32.8 Å². The molecule has 10 N–H and O–H groups in total. The second kappa shape index (κ2) is 31.4. The van der Waals surface area contributed by atoms with Crippen LogP contribution in [0.5, 0.6) is 0 Å². The number of ether oxygens (including phenoxy) is 1. The molecule has 0 spiro atoms. The summed E-state index contributed by atoms with van der Waals surface area (Å²) in [4.78, 5) is 47.9. The van der Waals surface area contributed by atoms with E-state index in [0.717, 1.165) is 18.4 Å². The molecule has 280 valence electrons. The second-order valence-electron chi connectivity index (χ2n) is 10.1. The molecule has 0 amide bonds.